The Morgan fingerprint density at radius 3 is 2.82 bits per heavy atom. The molecule has 0 atom stereocenters. The number of nitrogens with zero attached hydrogens (tertiary/aromatic N) is 2. The number of hydrogen-bond donors (Lipinski definition) is 2. The number of hydrazine groups is 1. The number of nitrogens with one attached hydrogen (secondary N) is 1. The number of nitrogen functional groups attached to an aromatic ring is 1. The standard InChI is InChI=1S/C11H11BrN4O/c1-17-10-3-2-7(6-8(10)12)9-4-5-14-11(15-9)16-13/h2-6H,13H2,1H3,(H,14,15,16). The number of hydrogen-bond acceptors (Lipinski definition) is 5. The lowest BCUT2D eigenvalue weighted by Crippen LogP contribution is -2.10. The van der Waals surface area contributed by atoms with Crippen LogP contribution in [0, 0.1) is 0 Å². The first kappa shape index (κ1) is 11.8. The van der Waals surface area contributed by atoms with Crippen LogP contribution in [0.2, 0.25) is 0 Å². The van der Waals surface area contributed by atoms with E-state index >= 15 is 0 Å². The Bertz CT molecular complexity index is 533. The molecule has 6 heteroatoms. The van der Waals surface area contributed by atoms with E-state index in [4.69, 9.17) is 10.6 Å². The molecule has 0 saturated heterocycles. The summed E-state index contributed by atoms with van der Waals surface area (Å²) in [6.07, 6.45) is 1.65. The summed E-state index contributed by atoms with van der Waals surface area (Å²) in [6, 6.07) is 7.54. The summed E-state index contributed by atoms with van der Waals surface area (Å²) >= 11 is 3.43. The molecule has 0 spiro atoms. The zero-order valence-electron chi connectivity index (χ0n) is 9.14. The van der Waals surface area contributed by atoms with Crippen LogP contribution >= 0.6 is 15.9 Å². The van der Waals surface area contributed by atoms with Crippen molar-refractivity contribution in [2.24, 2.45) is 5.84 Å². The van der Waals surface area contributed by atoms with E-state index in [0.29, 0.717) is 5.95 Å². The molecule has 1 aromatic carbocycles. The van der Waals surface area contributed by atoms with Crippen molar-refractivity contribution in [3.05, 3.63) is 34.9 Å². The fourth-order valence-corrected chi connectivity index (χ4v) is 1.96. The molecule has 2 aromatic rings. The van der Waals surface area contributed by atoms with Gasteiger partial charge in [-0.15, -0.1) is 0 Å². The normalized spacial score (nSPS) is 10.1. The van der Waals surface area contributed by atoms with Crippen LogP contribution in [-0.2, 0) is 0 Å². The van der Waals surface area contributed by atoms with Crippen molar-refractivity contribution in [1.82, 2.24) is 9.97 Å². The van der Waals surface area contributed by atoms with Gasteiger partial charge in [0.15, 0.2) is 0 Å². The van der Waals surface area contributed by atoms with E-state index in [1.807, 2.05) is 24.3 Å². The molecule has 5 nitrogen and oxygen atoms in total. The minimum Gasteiger partial charge on any atom is -0.496 e. The second-order valence-corrected chi connectivity index (χ2v) is 4.11. The Kier molecular flexibility index (Phi) is 3.55. The maximum absolute atomic E-state index is 5.27. The average molecular weight is 295 g/mol. The maximum Gasteiger partial charge on any atom is 0.237 e. The van der Waals surface area contributed by atoms with Crippen LogP contribution in [0.1, 0.15) is 0 Å². The zero-order chi connectivity index (χ0) is 12.3. The fraction of sp³-hybridized carbons (Fsp3) is 0.0909. The fourth-order valence-electron chi connectivity index (χ4n) is 1.41. The predicted molar refractivity (Wildman–Crippen MR) is 69.5 cm³/mol. The van der Waals surface area contributed by atoms with E-state index in [0.717, 1.165) is 21.5 Å². The first-order valence-corrected chi connectivity index (χ1v) is 5.67. The summed E-state index contributed by atoms with van der Waals surface area (Å²) in [6.45, 7) is 0. The number of aromatic nitrogens is 2. The van der Waals surface area contributed by atoms with E-state index in [-0.39, 0.29) is 0 Å². The Hall–Kier alpha value is -1.66. The second-order valence-electron chi connectivity index (χ2n) is 3.26. The highest BCUT2D eigenvalue weighted by Gasteiger charge is 2.05. The Labute approximate surface area is 107 Å². The highest BCUT2D eigenvalue weighted by molar-refractivity contribution is 9.10. The van der Waals surface area contributed by atoms with Crippen molar-refractivity contribution in [3.63, 3.8) is 0 Å². The lowest BCUT2D eigenvalue weighted by atomic mass is 10.1. The van der Waals surface area contributed by atoms with Crippen molar-refractivity contribution in [2.45, 2.75) is 0 Å². The molecule has 0 saturated carbocycles. The molecule has 2 rings (SSSR count). The molecular weight excluding hydrogens is 284 g/mol. The molecule has 0 aliphatic rings. The molecule has 0 fully saturated rings. The minimum atomic E-state index is 0.384. The smallest absolute Gasteiger partial charge is 0.237 e. The summed E-state index contributed by atoms with van der Waals surface area (Å²) in [5.74, 6) is 6.43. The van der Waals surface area contributed by atoms with Crippen LogP contribution < -0.4 is 16.0 Å². The molecule has 0 unspecified atom stereocenters. The molecule has 17 heavy (non-hydrogen) atoms. The third-order valence-corrected chi connectivity index (χ3v) is 2.85. The Morgan fingerprint density at radius 2 is 2.18 bits per heavy atom. The van der Waals surface area contributed by atoms with Gasteiger partial charge in [0, 0.05) is 11.8 Å². The summed E-state index contributed by atoms with van der Waals surface area (Å²) in [5.41, 5.74) is 4.16. The van der Waals surface area contributed by atoms with Gasteiger partial charge in [-0.05, 0) is 40.2 Å². The monoisotopic (exact) mass is 294 g/mol. The van der Waals surface area contributed by atoms with E-state index in [2.05, 4.69) is 31.3 Å². The van der Waals surface area contributed by atoms with Crippen molar-refractivity contribution in [1.29, 1.82) is 0 Å². The molecule has 1 aromatic heterocycles. The van der Waals surface area contributed by atoms with Gasteiger partial charge in [-0.3, -0.25) is 5.43 Å². The van der Waals surface area contributed by atoms with Crippen molar-refractivity contribution < 1.29 is 4.74 Å². The lowest BCUT2D eigenvalue weighted by Gasteiger charge is -2.06. The van der Waals surface area contributed by atoms with Crippen molar-refractivity contribution in [2.75, 3.05) is 12.5 Å². The molecular formula is C11H11BrN4O. The van der Waals surface area contributed by atoms with Gasteiger partial charge in [0.25, 0.3) is 0 Å². The van der Waals surface area contributed by atoms with Crippen LogP contribution in [0.4, 0.5) is 5.95 Å². The zero-order valence-corrected chi connectivity index (χ0v) is 10.7. The quantitative estimate of drug-likeness (QED) is 0.671. The Morgan fingerprint density at radius 1 is 1.35 bits per heavy atom. The predicted octanol–water partition coefficient (Wildman–Crippen LogP) is 2.20. The number of methoxy groups -OCH3 is 1. The highest BCUT2D eigenvalue weighted by atomic mass is 79.9. The van der Waals surface area contributed by atoms with Crippen LogP contribution in [-0.4, -0.2) is 17.1 Å². The third-order valence-electron chi connectivity index (χ3n) is 2.23. The van der Waals surface area contributed by atoms with Crippen LogP contribution in [0.25, 0.3) is 11.3 Å². The Balaban J connectivity index is 2.42. The summed E-state index contributed by atoms with van der Waals surface area (Å²) in [7, 11) is 1.63. The lowest BCUT2D eigenvalue weighted by molar-refractivity contribution is 0.412. The van der Waals surface area contributed by atoms with Gasteiger partial charge in [0.05, 0.1) is 17.3 Å². The van der Waals surface area contributed by atoms with Gasteiger partial charge in [-0.1, -0.05) is 0 Å². The summed E-state index contributed by atoms with van der Waals surface area (Å²) in [5, 5.41) is 0. The van der Waals surface area contributed by atoms with Gasteiger partial charge in [-0.2, -0.15) is 0 Å². The minimum absolute atomic E-state index is 0.384. The van der Waals surface area contributed by atoms with Gasteiger partial charge >= 0.3 is 0 Å². The van der Waals surface area contributed by atoms with Crippen molar-refractivity contribution >= 4 is 21.9 Å². The van der Waals surface area contributed by atoms with Crippen molar-refractivity contribution in [3.8, 4) is 17.0 Å². The molecule has 3 N–H and O–H groups in total. The molecule has 1 heterocycles. The first-order valence-electron chi connectivity index (χ1n) is 4.88. The number of halogens is 1. The van der Waals surface area contributed by atoms with E-state index < -0.39 is 0 Å². The summed E-state index contributed by atoms with van der Waals surface area (Å²) < 4.78 is 6.04. The maximum atomic E-state index is 5.27. The van der Waals surface area contributed by atoms with Crippen LogP contribution in [0.15, 0.2) is 34.9 Å². The number of nitrogens with two attached hydrogens (primary N) is 1. The van der Waals surface area contributed by atoms with Gasteiger partial charge < -0.3 is 4.74 Å². The van der Waals surface area contributed by atoms with Crippen LogP contribution in [0.3, 0.4) is 0 Å². The van der Waals surface area contributed by atoms with Gasteiger partial charge in [0.1, 0.15) is 5.75 Å². The van der Waals surface area contributed by atoms with E-state index in [1.54, 1.807) is 13.3 Å². The molecule has 0 bridgehead atoms. The molecule has 0 aliphatic carbocycles. The SMILES string of the molecule is COc1ccc(-c2ccnc(NN)n2)cc1Br. The van der Waals surface area contributed by atoms with Gasteiger partial charge in [-0.25, -0.2) is 15.8 Å². The average Bonchev–Trinajstić information content (AvgIpc) is 2.38. The molecule has 0 amide bonds. The largest absolute Gasteiger partial charge is 0.496 e. The summed E-state index contributed by atoms with van der Waals surface area (Å²) in [4.78, 5) is 8.21. The number of rotatable bonds is 3. The van der Waals surface area contributed by atoms with E-state index in [1.165, 1.54) is 0 Å². The molecule has 88 valence electrons. The highest BCUT2D eigenvalue weighted by Crippen LogP contribution is 2.29. The topological polar surface area (TPSA) is 73.1 Å². The molecule has 0 aliphatic heterocycles. The molecule has 0 radical (unpaired) electrons. The second kappa shape index (κ2) is 5.11. The number of anilines is 1. The van der Waals surface area contributed by atoms with Crippen LogP contribution in [0.5, 0.6) is 5.75 Å². The van der Waals surface area contributed by atoms with E-state index in [9.17, 15) is 0 Å². The third kappa shape index (κ3) is 2.54. The first-order chi connectivity index (χ1) is 8.24. The number of ether oxygens (including phenoxy) is 1. The van der Waals surface area contributed by atoms with Gasteiger partial charge in [0.2, 0.25) is 5.95 Å². The number of benzene rings is 1.